The first kappa shape index (κ1) is 17.3. The monoisotopic (exact) mass is 284 g/mol. The summed E-state index contributed by atoms with van der Waals surface area (Å²) in [7, 11) is 0. The number of carbonyl (C=O) groups is 1. The van der Waals surface area contributed by atoms with Crippen molar-refractivity contribution in [2.75, 3.05) is 13.1 Å². The molecule has 2 aliphatic rings. The Morgan fingerprint density at radius 2 is 1.55 bits per heavy atom. The summed E-state index contributed by atoms with van der Waals surface area (Å²) >= 11 is 0. The van der Waals surface area contributed by atoms with Crippen molar-refractivity contribution in [3.05, 3.63) is 0 Å². The van der Waals surface area contributed by atoms with E-state index in [0.717, 1.165) is 13.1 Å². The molecule has 0 aromatic heterocycles. The highest BCUT2D eigenvalue weighted by atomic mass is 16.6. The van der Waals surface area contributed by atoms with Gasteiger partial charge in [0.05, 0.1) is 0 Å². The molecule has 4 nitrogen and oxygen atoms in total. The highest BCUT2D eigenvalue weighted by Crippen LogP contribution is 2.32. The first-order chi connectivity index (χ1) is 9.28. The normalized spacial score (nSPS) is 26.3. The van der Waals surface area contributed by atoms with Crippen molar-refractivity contribution in [3.63, 3.8) is 0 Å². The molecule has 2 bridgehead atoms. The van der Waals surface area contributed by atoms with Gasteiger partial charge in [-0.1, -0.05) is 13.8 Å². The van der Waals surface area contributed by atoms with Gasteiger partial charge in [-0.3, -0.25) is 4.90 Å². The minimum Gasteiger partial charge on any atom is -0.444 e. The van der Waals surface area contributed by atoms with Crippen LogP contribution in [0.5, 0.6) is 0 Å². The van der Waals surface area contributed by atoms with E-state index in [0.29, 0.717) is 18.1 Å². The van der Waals surface area contributed by atoms with Gasteiger partial charge in [0, 0.05) is 31.2 Å². The minimum absolute atomic E-state index is 0.150. The molecule has 0 aliphatic carbocycles. The van der Waals surface area contributed by atoms with Crippen LogP contribution in [0, 0.1) is 0 Å². The smallest absolute Gasteiger partial charge is 0.410 e. The largest absolute Gasteiger partial charge is 0.444 e. The molecule has 0 saturated carbocycles. The number of hydrogen-bond donors (Lipinski definition) is 0. The predicted molar refractivity (Wildman–Crippen MR) is 82.9 cm³/mol. The summed E-state index contributed by atoms with van der Waals surface area (Å²) in [6.45, 7) is 15.9. The van der Waals surface area contributed by atoms with E-state index in [1.807, 2.05) is 39.5 Å². The lowest BCUT2D eigenvalue weighted by Crippen LogP contribution is -2.57. The summed E-state index contributed by atoms with van der Waals surface area (Å²) in [5.74, 6) is 0. The third kappa shape index (κ3) is 4.11. The molecule has 0 aromatic carbocycles. The van der Waals surface area contributed by atoms with E-state index < -0.39 is 5.60 Å². The van der Waals surface area contributed by atoms with Crippen LogP contribution in [0.1, 0.15) is 61.3 Å². The first-order valence-corrected chi connectivity index (χ1v) is 8.03. The van der Waals surface area contributed by atoms with Crippen molar-refractivity contribution in [2.45, 2.75) is 85.0 Å². The van der Waals surface area contributed by atoms with Crippen LogP contribution in [0.25, 0.3) is 0 Å². The van der Waals surface area contributed by atoms with Crippen LogP contribution in [0.3, 0.4) is 0 Å². The van der Waals surface area contributed by atoms with E-state index in [-0.39, 0.29) is 6.09 Å². The van der Waals surface area contributed by atoms with Gasteiger partial charge >= 0.3 is 6.09 Å². The Balaban J connectivity index is 0.000000956. The fraction of sp³-hybridized carbons (Fsp3) is 0.938. The molecule has 118 valence electrons. The van der Waals surface area contributed by atoms with E-state index in [1.165, 1.54) is 12.8 Å². The molecule has 0 spiro atoms. The average molecular weight is 284 g/mol. The van der Waals surface area contributed by atoms with E-state index >= 15 is 0 Å². The highest BCUT2D eigenvalue weighted by molar-refractivity contribution is 5.68. The quantitative estimate of drug-likeness (QED) is 0.739. The van der Waals surface area contributed by atoms with E-state index in [2.05, 4.69) is 18.7 Å². The Hall–Kier alpha value is -0.770. The summed E-state index contributed by atoms with van der Waals surface area (Å²) in [4.78, 5) is 16.6. The maximum Gasteiger partial charge on any atom is 0.410 e. The molecule has 2 saturated heterocycles. The van der Waals surface area contributed by atoms with Gasteiger partial charge in [-0.15, -0.1) is 0 Å². The van der Waals surface area contributed by atoms with Gasteiger partial charge in [0.2, 0.25) is 0 Å². The summed E-state index contributed by atoms with van der Waals surface area (Å²) in [6.07, 6.45) is 2.27. The molecule has 2 unspecified atom stereocenters. The number of hydrogen-bond acceptors (Lipinski definition) is 3. The summed E-state index contributed by atoms with van der Waals surface area (Å²) in [5.41, 5.74) is -0.398. The highest BCUT2D eigenvalue weighted by Gasteiger charge is 2.43. The molecule has 2 atom stereocenters. The summed E-state index contributed by atoms with van der Waals surface area (Å²) in [5, 5.41) is 0. The molecule has 2 heterocycles. The van der Waals surface area contributed by atoms with Gasteiger partial charge in [-0.05, 0) is 47.5 Å². The summed E-state index contributed by atoms with van der Waals surface area (Å²) in [6, 6.07) is 1.62. The van der Waals surface area contributed by atoms with Gasteiger partial charge in [-0.2, -0.15) is 0 Å². The lowest BCUT2D eigenvalue weighted by atomic mass is 10.1. The van der Waals surface area contributed by atoms with Crippen molar-refractivity contribution < 1.29 is 9.53 Å². The van der Waals surface area contributed by atoms with E-state index in [1.54, 1.807) is 0 Å². The zero-order valence-electron chi connectivity index (χ0n) is 14.3. The number of ether oxygens (including phenoxy) is 1. The van der Waals surface area contributed by atoms with Gasteiger partial charge in [-0.25, -0.2) is 4.79 Å². The van der Waals surface area contributed by atoms with Crippen LogP contribution in [0.15, 0.2) is 0 Å². The van der Waals surface area contributed by atoms with Crippen molar-refractivity contribution in [1.82, 2.24) is 9.80 Å². The number of piperazine rings is 1. The standard InChI is InChI=1S/C14H26N2O2.C2H6/c1-10(2)16-11-6-7-12(16)9-15(8-11)13(17)18-14(3,4)5;1-2/h10-12H,6-9H2,1-5H3;1-2H3. The molecule has 20 heavy (non-hydrogen) atoms. The van der Waals surface area contributed by atoms with Gasteiger partial charge < -0.3 is 9.64 Å². The van der Waals surface area contributed by atoms with Crippen molar-refractivity contribution in [2.24, 2.45) is 0 Å². The molecule has 0 N–H and O–H groups in total. The van der Waals surface area contributed by atoms with Crippen LogP contribution < -0.4 is 0 Å². The lowest BCUT2D eigenvalue weighted by Gasteiger charge is -2.43. The van der Waals surface area contributed by atoms with Crippen molar-refractivity contribution in [3.8, 4) is 0 Å². The number of fused-ring (bicyclic) bond motifs is 2. The lowest BCUT2D eigenvalue weighted by molar-refractivity contribution is -0.00479. The average Bonchev–Trinajstić information content (AvgIpc) is 2.61. The third-order valence-corrected chi connectivity index (χ3v) is 3.79. The molecular weight excluding hydrogens is 252 g/mol. The Kier molecular flexibility index (Phi) is 5.87. The van der Waals surface area contributed by atoms with Gasteiger partial charge in [0.25, 0.3) is 0 Å². The van der Waals surface area contributed by atoms with Crippen molar-refractivity contribution in [1.29, 1.82) is 0 Å². The van der Waals surface area contributed by atoms with Crippen LogP contribution in [-0.4, -0.2) is 52.7 Å². The first-order valence-electron chi connectivity index (χ1n) is 8.03. The second kappa shape index (κ2) is 6.79. The Morgan fingerprint density at radius 1 is 1.10 bits per heavy atom. The zero-order chi connectivity index (χ0) is 15.5. The number of likely N-dealkylation sites (tertiary alicyclic amines) is 1. The fourth-order valence-corrected chi connectivity index (χ4v) is 3.25. The molecule has 2 rings (SSSR count). The van der Waals surface area contributed by atoms with E-state index in [9.17, 15) is 4.79 Å². The Bertz CT molecular complexity index is 309. The van der Waals surface area contributed by atoms with Crippen LogP contribution >= 0.6 is 0 Å². The zero-order valence-corrected chi connectivity index (χ0v) is 14.3. The molecule has 0 aromatic rings. The Morgan fingerprint density at radius 3 is 1.90 bits per heavy atom. The predicted octanol–water partition coefficient (Wildman–Crippen LogP) is 3.50. The maximum atomic E-state index is 12.1. The van der Waals surface area contributed by atoms with Crippen molar-refractivity contribution >= 4 is 6.09 Å². The fourth-order valence-electron chi connectivity index (χ4n) is 3.25. The number of rotatable bonds is 1. The van der Waals surface area contributed by atoms with Crippen LogP contribution in [0.4, 0.5) is 4.79 Å². The molecule has 2 aliphatic heterocycles. The molecule has 0 radical (unpaired) electrons. The topological polar surface area (TPSA) is 32.8 Å². The number of carbonyl (C=O) groups excluding carboxylic acids is 1. The minimum atomic E-state index is -0.398. The number of nitrogens with zero attached hydrogens (tertiary/aromatic N) is 2. The molecule has 2 fully saturated rings. The SMILES string of the molecule is CC.CC(C)N1C2CCC1CN(C(=O)OC(C)(C)C)C2. The van der Waals surface area contributed by atoms with Crippen LogP contribution in [-0.2, 0) is 4.74 Å². The second-order valence-electron chi connectivity index (χ2n) is 6.81. The maximum absolute atomic E-state index is 12.1. The molecule has 4 heteroatoms. The Labute approximate surface area is 124 Å². The molecular formula is C16H32N2O2. The summed E-state index contributed by atoms with van der Waals surface area (Å²) < 4.78 is 5.47. The molecule has 1 amide bonds. The van der Waals surface area contributed by atoms with Gasteiger partial charge in [0.15, 0.2) is 0 Å². The van der Waals surface area contributed by atoms with E-state index in [4.69, 9.17) is 4.74 Å². The van der Waals surface area contributed by atoms with Crippen LogP contribution in [0.2, 0.25) is 0 Å². The third-order valence-electron chi connectivity index (χ3n) is 3.79. The van der Waals surface area contributed by atoms with Gasteiger partial charge in [0.1, 0.15) is 5.60 Å². The second-order valence-corrected chi connectivity index (χ2v) is 6.81. The number of amides is 1.